The summed E-state index contributed by atoms with van der Waals surface area (Å²) in [6, 6.07) is 30.3. The van der Waals surface area contributed by atoms with Crippen molar-refractivity contribution in [3.63, 3.8) is 0 Å². The van der Waals surface area contributed by atoms with Gasteiger partial charge in [0, 0.05) is 57.1 Å². The molecule has 3 radical (unpaired) electrons. The zero-order chi connectivity index (χ0) is 45.0. The largest absolute Gasteiger partial charge is 1.00 e. The van der Waals surface area contributed by atoms with Crippen LogP contribution in [0.3, 0.4) is 0 Å². The average molecular weight is 894 g/mol. The Bertz CT molecular complexity index is 2170. The molecule has 15 heteroatoms. The Labute approximate surface area is 397 Å². The van der Waals surface area contributed by atoms with E-state index in [1.165, 1.54) is 41.3 Å². The first-order valence-electron chi connectivity index (χ1n) is 20.2. The van der Waals surface area contributed by atoms with E-state index >= 15 is 0 Å². The van der Waals surface area contributed by atoms with Crippen molar-refractivity contribution in [2.75, 3.05) is 32.7 Å². The van der Waals surface area contributed by atoms with E-state index in [-0.39, 0.29) is 48.1 Å². The predicted molar refractivity (Wildman–Crippen MR) is 237 cm³/mol. The molecule has 64 heavy (non-hydrogen) atoms. The number of carbonyl (C=O) groups is 4. The summed E-state index contributed by atoms with van der Waals surface area (Å²) in [4.78, 5) is 49.7. The summed E-state index contributed by atoms with van der Waals surface area (Å²) >= 11 is 0. The van der Waals surface area contributed by atoms with E-state index in [1.54, 1.807) is 24.3 Å². The fourth-order valence-corrected chi connectivity index (χ4v) is 7.37. The van der Waals surface area contributed by atoms with Crippen LogP contribution in [0.5, 0.6) is 0 Å². The van der Waals surface area contributed by atoms with Crippen LogP contribution in [0.1, 0.15) is 110 Å². The molecule has 2 aliphatic heterocycles. The van der Waals surface area contributed by atoms with Crippen LogP contribution >= 0.6 is 0 Å². The van der Waals surface area contributed by atoms with Gasteiger partial charge in [-0.15, -0.1) is 0 Å². The maximum Gasteiger partial charge on any atom is 1.00 e. The summed E-state index contributed by atoms with van der Waals surface area (Å²) in [5.74, 6) is -0.972. The summed E-state index contributed by atoms with van der Waals surface area (Å²) in [5, 5.41) is 3.23. The van der Waals surface area contributed by atoms with Crippen molar-refractivity contribution < 1.29 is 80.7 Å². The van der Waals surface area contributed by atoms with Gasteiger partial charge in [-0.3, -0.25) is 14.5 Å². The third-order valence-corrected chi connectivity index (χ3v) is 10.4. The number of alkyl halides is 4. The second kappa shape index (κ2) is 28.8. The minimum Gasteiger partial charge on any atom is -0.793 e. The standard InChI is InChI=1S/C21H21F2N.C11H13F2N.C10H8O.C4H6O4.C2H3BO2.CH4.Na/c22-21(23)17-6-3-5-16(12-17)18-10-11-24(13-18)14-19-9-8-15-4-1-2-7-20(15)19;12-11(13)9-3-1-2-8(6-9)10-4-5-14-7-10;11-7-9-6-5-8-3-1-2-4-10(8)9;1-3(5)7-8-4(2)6;1-2(4)5-3;;/h1-7,9,12,18,21H,8,10-11,13-14H2;1-3,6,10-11,14H,4-5,7H2;1-4,6-7H,5H2;1-2H3;1H3;1H4;/q;;;;-1;;+1. The van der Waals surface area contributed by atoms with Crippen LogP contribution in [-0.4, -0.2) is 69.9 Å². The van der Waals surface area contributed by atoms with Crippen LogP contribution in [0.25, 0.3) is 11.1 Å². The second-order valence-corrected chi connectivity index (χ2v) is 14.8. The summed E-state index contributed by atoms with van der Waals surface area (Å²) in [6.07, 6.45) is 4.50. The Morgan fingerprint density at radius 2 is 1.25 bits per heavy atom. The number of likely N-dealkylation sites (tertiary alicyclic amines) is 1. The van der Waals surface area contributed by atoms with Gasteiger partial charge in [0.05, 0.1) is 0 Å². The van der Waals surface area contributed by atoms with Crippen LogP contribution < -0.4 is 34.9 Å². The minimum absolute atomic E-state index is 0. The molecule has 0 aromatic heterocycles. The number of nitrogens with zero attached hydrogens (tertiary/aromatic N) is 1. The van der Waals surface area contributed by atoms with Crippen LogP contribution in [0.2, 0.25) is 0 Å². The molecule has 2 aliphatic carbocycles. The van der Waals surface area contributed by atoms with Crippen LogP contribution in [0, 0.1) is 0 Å². The first-order valence-corrected chi connectivity index (χ1v) is 20.2. The van der Waals surface area contributed by atoms with Crippen molar-refractivity contribution in [1.82, 2.24) is 10.2 Å². The number of nitrogens with one attached hydrogen (secondary N) is 1. The Hall–Kier alpha value is -4.86. The number of allylic oxidation sites excluding steroid dienone is 3. The Kier molecular flexibility index (Phi) is 24.9. The molecule has 335 valence electrons. The predicted octanol–water partition coefficient (Wildman–Crippen LogP) is 6.88. The third-order valence-electron chi connectivity index (χ3n) is 10.4. The van der Waals surface area contributed by atoms with Gasteiger partial charge < -0.3 is 18.0 Å². The molecule has 4 aliphatic rings. The molecule has 2 fully saturated rings. The number of hydrogen-bond donors (Lipinski definition) is 1. The number of fused-ring (bicyclic) bond motifs is 2. The normalized spacial score (nSPS) is 16.3. The Morgan fingerprint density at radius 1 is 0.734 bits per heavy atom. The molecule has 2 heterocycles. The maximum atomic E-state index is 12.9. The first kappa shape index (κ1) is 55.3. The molecular formula is C49H55BF4N2NaO7. The molecule has 1 N–H and O–H groups in total. The van der Waals surface area contributed by atoms with Crippen LogP contribution in [0.15, 0.2) is 109 Å². The van der Waals surface area contributed by atoms with E-state index in [4.69, 9.17) is 0 Å². The molecule has 9 nitrogen and oxygen atoms in total. The van der Waals surface area contributed by atoms with Gasteiger partial charge in [0.2, 0.25) is 5.97 Å². The average Bonchev–Trinajstić information content (AvgIpc) is 4.12. The number of benzene rings is 4. The molecule has 0 spiro atoms. The minimum atomic E-state index is -2.39. The van der Waals surface area contributed by atoms with Gasteiger partial charge in [0.15, 0.2) is 0 Å². The zero-order valence-electron chi connectivity index (χ0n) is 36.0. The number of hydrogen-bond acceptors (Lipinski definition) is 9. The van der Waals surface area contributed by atoms with E-state index in [0.717, 1.165) is 101 Å². The number of rotatable bonds is 7. The molecule has 8 rings (SSSR count). The van der Waals surface area contributed by atoms with Crippen molar-refractivity contribution in [3.8, 4) is 0 Å². The monoisotopic (exact) mass is 893 g/mol. The molecular weight excluding hydrogens is 838 g/mol. The van der Waals surface area contributed by atoms with E-state index in [1.807, 2.05) is 36.4 Å². The number of halogens is 4. The first-order chi connectivity index (χ1) is 29.8. The van der Waals surface area contributed by atoms with Crippen molar-refractivity contribution in [1.29, 1.82) is 0 Å². The molecule has 2 saturated heterocycles. The molecule has 4 aromatic carbocycles. The van der Waals surface area contributed by atoms with Gasteiger partial charge in [0.1, 0.15) is 6.29 Å². The molecule has 0 amide bonds. The fourth-order valence-electron chi connectivity index (χ4n) is 7.37. The van der Waals surface area contributed by atoms with Crippen molar-refractivity contribution in [2.24, 2.45) is 0 Å². The van der Waals surface area contributed by atoms with Crippen LogP contribution in [0.4, 0.5) is 17.6 Å². The van der Waals surface area contributed by atoms with Gasteiger partial charge in [-0.2, -0.15) is 0 Å². The molecule has 0 saturated carbocycles. The molecule has 2 atom stereocenters. The number of aldehydes is 1. The fraction of sp³-hybridized carbons (Fsp3) is 0.347. The van der Waals surface area contributed by atoms with Crippen LogP contribution in [-0.2, 0) is 46.4 Å². The summed E-state index contributed by atoms with van der Waals surface area (Å²) < 4.78 is 54.3. The third kappa shape index (κ3) is 18.0. The zero-order valence-corrected chi connectivity index (χ0v) is 38.0. The smallest absolute Gasteiger partial charge is 0.793 e. The van der Waals surface area contributed by atoms with Gasteiger partial charge >= 0.3 is 41.5 Å². The van der Waals surface area contributed by atoms with Crippen molar-refractivity contribution >= 4 is 43.4 Å². The topological polar surface area (TPSA) is 111 Å². The SMILES string of the molecule is C.CC(=O)OOC(C)=O.FC(F)c1cccc(C2CCN(CC3=CCc4ccccc43)C2)c1.FC(F)c1cccc(C2CCNC2)c1.O=CC1=CCc2ccccc21.[B-]OC(C)=O.[Na+]. The maximum absolute atomic E-state index is 12.9. The van der Waals surface area contributed by atoms with Gasteiger partial charge in [-0.1, -0.05) is 105 Å². The molecule has 2 unspecified atom stereocenters. The summed E-state index contributed by atoms with van der Waals surface area (Å²) in [6.45, 7) is 8.36. The van der Waals surface area contributed by atoms with E-state index < -0.39 is 30.8 Å². The summed E-state index contributed by atoms with van der Waals surface area (Å²) in [5.41, 5.74) is 9.75. The van der Waals surface area contributed by atoms with Gasteiger partial charge in [-0.05, 0) is 102 Å². The Balaban J connectivity index is 0.000000302. The second-order valence-electron chi connectivity index (χ2n) is 14.8. The number of carbonyl (C=O) groups excluding carboxylic acids is 4. The Morgan fingerprint density at radius 3 is 1.75 bits per heavy atom. The van der Waals surface area contributed by atoms with E-state index in [9.17, 15) is 36.7 Å². The summed E-state index contributed by atoms with van der Waals surface area (Å²) in [7, 11) is 4.32. The van der Waals surface area contributed by atoms with Crippen molar-refractivity contribution in [2.45, 2.75) is 78.6 Å². The van der Waals surface area contributed by atoms with E-state index in [0.29, 0.717) is 11.8 Å². The molecule has 4 aromatic rings. The van der Waals surface area contributed by atoms with Gasteiger partial charge in [-0.25, -0.2) is 36.9 Å². The van der Waals surface area contributed by atoms with Gasteiger partial charge in [0.25, 0.3) is 12.9 Å². The van der Waals surface area contributed by atoms with Crippen molar-refractivity contribution in [3.05, 3.63) is 154 Å². The quantitative estimate of drug-likeness (QED) is 0.0699. The van der Waals surface area contributed by atoms with E-state index in [2.05, 4.69) is 69.1 Å². The molecule has 0 bridgehead atoms.